The van der Waals surface area contributed by atoms with Gasteiger partial charge in [-0.2, -0.15) is 0 Å². The molecule has 0 atom stereocenters. The molecule has 0 N–H and O–H groups in total. The molecule has 0 amide bonds. The molecular formula is C26H56Cl2NiP2. The summed E-state index contributed by atoms with van der Waals surface area (Å²) in [6.07, 6.45) is 14.3. The third-order valence-electron chi connectivity index (χ3n) is 6.82. The SMILES string of the molecule is CC(C)CC=CC[PH](C(C)C)(C(C)C)[Ni]([Cl])([Cl])[PH](CC=CCC(C)C)(C(C)C)C(C)C. The first-order valence-electron chi connectivity index (χ1n) is 12.5. The minimum atomic E-state index is -2.03. The molecular weight excluding hydrogens is 504 g/mol. The van der Waals surface area contributed by atoms with Crippen LogP contribution in [0.5, 0.6) is 0 Å². The number of hydrogen-bond donors (Lipinski definition) is 0. The van der Waals surface area contributed by atoms with Crippen LogP contribution in [0.1, 0.15) is 95.9 Å². The quantitative estimate of drug-likeness (QED) is 0.113. The van der Waals surface area contributed by atoms with Crippen molar-refractivity contribution in [2.24, 2.45) is 11.8 Å². The summed E-state index contributed by atoms with van der Waals surface area (Å²) >= 11 is 0. The van der Waals surface area contributed by atoms with Gasteiger partial charge in [0.25, 0.3) is 0 Å². The number of halogens is 2. The van der Waals surface area contributed by atoms with Crippen molar-refractivity contribution in [3.8, 4) is 0 Å². The molecule has 0 aliphatic carbocycles. The fourth-order valence-corrected chi connectivity index (χ4v) is 60.0. The summed E-state index contributed by atoms with van der Waals surface area (Å²) in [5.41, 5.74) is 2.32. The second kappa shape index (κ2) is 14.1. The van der Waals surface area contributed by atoms with Crippen LogP contribution in [0.4, 0.5) is 0 Å². The maximum atomic E-state index is 7.96. The molecule has 0 rings (SSSR count). The van der Waals surface area contributed by atoms with Crippen LogP contribution in [0.3, 0.4) is 0 Å². The average molecular weight is 560 g/mol. The van der Waals surface area contributed by atoms with Crippen LogP contribution in [0.2, 0.25) is 0 Å². The summed E-state index contributed by atoms with van der Waals surface area (Å²) in [4.78, 5) is 0. The van der Waals surface area contributed by atoms with Crippen LogP contribution in [-0.2, 0) is 9.74 Å². The third kappa shape index (κ3) is 7.70. The van der Waals surface area contributed by atoms with E-state index in [0.717, 1.165) is 25.2 Å². The fourth-order valence-electron chi connectivity index (χ4n) is 4.88. The van der Waals surface area contributed by atoms with Crippen LogP contribution < -0.4 is 0 Å². The van der Waals surface area contributed by atoms with Gasteiger partial charge in [0.2, 0.25) is 0 Å². The minimum absolute atomic E-state index is 0.579. The van der Waals surface area contributed by atoms with E-state index in [1.165, 1.54) is 0 Å². The van der Waals surface area contributed by atoms with Crippen LogP contribution in [0.25, 0.3) is 0 Å². The van der Waals surface area contributed by atoms with Gasteiger partial charge in [-0.1, -0.05) is 0 Å². The molecule has 0 radical (unpaired) electrons. The monoisotopic (exact) mass is 558 g/mol. The maximum absolute atomic E-state index is 7.96. The summed E-state index contributed by atoms with van der Waals surface area (Å²) in [6.45, 7) is 28.5. The van der Waals surface area contributed by atoms with Crippen molar-refractivity contribution in [1.82, 2.24) is 0 Å². The molecule has 0 spiro atoms. The van der Waals surface area contributed by atoms with Crippen molar-refractivity contribution in [2.45, 2.75) is 119 Å². The number of hydrogen-bond acceptors (Lipinski definition) is 0. The molecule has 0 aromatic heterocycles. The Bertz CT molecular complexity index is 500. The Morgan fingerprint density at radius 1 is 0.516 bits per heavy atom. The van der Waals surface area contributed by atoms with Gasteiger partial charge in [-0.25, -0.2) is 0 Å². The fraction of sp³-hybridized carbons (Fsp3) is 0.846. The van der Waals surface area contributed by atoms with E-state index in [2.05, 4.69) is 107 Å². The molecule has 0 saturated carbocycles. The van der Waals surface area contributed by atoms with Crippen molar-refractivity contribution < 1.29 is 9.74 Å². The molecule has 0 bridgehead atoms. The first kappa shape index (κ1) is 32.4. The van der Waals surface area contributed by atoms with Crippen LogP contribution in [-0.4, -0.2) is 35.0 Å². The van der Waals surface area contributed by atoms with Crippen LogP contribution >= 0.6 is 32.5 Å². The molecule has 5 heteroatoms. The van der Waals surface area contributed by atoms with Gasteiger partial charge < -0.3 is 0 Å². The van der Waals surface area contributed by atoms with Gasteiger partial charge in [-0.05, 0) is 0 Å². The zero-order chi connectivity index (χ0) is 24.6. The van der Waals surface area contributed by atoms with E-state index >= 15 is 0 Å². The van der Waals surface area contributed by atoms with Crippen LogP contribution in [0.15, 0.2) is 24.3 Å². The van der Waals surface area contributed by atoms with Gasteiger partial charge in [0.15, 0.2) is 0 Å². The second-order valence-electron chi connectivity index (χ2n) is 11.3. The molecule has 0 unspecified atom stereocenters. The summed E-state index contributed by atoms with van der Waals surface area (Å²) in [7, 11) is 14.0. The number of allylic oxidation sites excluding steroid dienone is 4. The zero-order valence-corrected chi connectivity index (χ0v) is 27.2. The first-order chi connectivity index (χ1) is 14.1. The molecule has 0 aromatic carbocycles. The zero-order valence-electron chi connectivity index (χ0n) is 22.7. The Morgan fingerprint density at radius 2 is 0.774 bits per heavy atom. The Labute approximate surface area is 208 Å². The molecule has 0 heterocycles. The van der Waals surface area contributed by atoms with Gasteiger partial charge in [-0.15, -0.1) is 0 Å². The normalized spacial score (nSPS) is 16.4. The molecule has 0 saturated heterocycles. The Morgan fingerprint density at radius 3 is 0.968 bits per heavy atom. The van der Waals surface area contributed by atoms with Gasteiger partial charge in [0, 0.05) is 0 Å². The van der Waals surface area contributed by atoms with Crippen molar-refractivity contribution in [2.75, 3.05) is 12.3 Å². The topological polar surface area (TPSA) is 0 Å². The van der Waals surface area contributed by atoms with E-state index in [1.807, 2.05) is 0 Å². The van der Waals surface area contributed by atoms with Crippen LogP contribution in [0, 0.1) is 11.8 Å². The third-order valence-corrected chi connectivity index (χ3v) is 50.6. The second-order valence-corrected chi connectivity index (χ2v) is 38.9. The molecule has 0 aromatic rings. The summed E-state index contributed by atoms with van der Waals surface area (Å²) in [6, 6.07) is -4.05. The summed E-state index contributed by atoms with van der Waals surface area (Å²) in [5.74, 6) is 1.39. The van der Waals surface area contributed by atoms with E-state index in [9.17, 15) is 0 Å². The van der Waals surface area contributed by atoms with Crippen molar-refractivity contribution in [3.63, 3.8) is 0 Å². The molecule has 0 fully saturated rings. The standard InChI is InChI=1S/2C13H27P.2ClH.Ni/c2*1-11(2)9-7-8-10-14(12(3)4)13(5)6;;;/h2*7-8,11-13H,9-10H2,1-6H3;2*1H;. The van der Waals surface area contributed by atoms with Crippen molar-refractivity contribution in [1.29, 1.82) is 0 Å². The van der Waals surface area contributed by atoms with E-state index < -0.39 is 21.8 Å². The summed E-state index contributed by atoms with van der Waals surface area (Å²) in [5, 5.41) is 0. The van der Waals surface area contributed by atoms with Gasteiger partial charge in [0.1, 0.15) is 0 Å². The van der Waals surface area contributed by atoms with E-state index in [-0.39, 0.29) is 0 Å². The predicted octanol–water partition coefficient (Wildman–Crippen LogP) is 10.6. The van der Waals surface area contributed by atoms with E-state index in [0.29, 0.717) is 34.5 Å². The van der Waals surface area contributed by atoms with Gasteiger partial charge in [0.05, 0.1) is 0 Å². The molecule has 0 nitrogen and oxygen atoms in total. The van der Waals surface area contributed by atoms with Gasteiger partial charge >= 0.3 is 209 Å². The van der Waals surface area contributed by atoms with E-state index in [4.69, 9.17) is 20.4 Å². The predicted molar refractivity (Wildman–Crippen MR) is 156 cm³/mol. The van der Waals surface area contributed by atoms with Crippen molar-refractivity contribution in [3.05, 3.63) is 24.3 Å². The molecule has 31 heavy (non-hydrogen) atoms. The van der Waals surface area contributed by atoms with Crippen molar-refractivity contribution >= 4 is 32.5 Å². The Balaban J connectivity index is 6.59. The van der Waals surface area contributed by atoms with E-state index in [1.54, 1.807) is 0 Å². The molecule has 0 aliphatic heterocycles. The first-order valence-corrected chi connectivity index (χ1v) is 22.5. The van der Waals surface area contributed by atoms with Gasteiger partial charge in [-0.3, -0.25) is 0 Å². The molecule has 194 valence electrons. The summed E-state index contributed by atoms with van der Waals surface area (Å²) < 4.78 is 0. The Hall–Kier alpha value is 1.41. The Kier molecular flexibility index (Phi) is 14.7. The molecule has 0 aliphatic rings. The average Bonchev–Trinajstić information content (AvgIpc) is 2.59. The number of rotatable bonds is 14.